The Morgan fingerprint density at radius 1 is 1.10 bits per heavy atom. The Hall–Kier alpha value is -3.88. The summed E-state index contributed by atoms with van der Waals surface area (Å²) in [5, 5.41) is 14.9. The molecule has 0 atom stereocenters. The van der Waals surface area contributed by atoms with E-state index in [1.165, 1.54) is 22.9 Å². The van der Waals surface area contributed by atoms with Gasteiger partial charge in [0.05, 0.1) is 11.1 Å². The third kappa shape index (κ3) is 3.58. The van der Waals surface area contributed by atoms with Gasteiger partial charge in [0, 0.05) is 24.2 Å². The maximum atomic E-state index is 14.4. The molecule has 0 radical (unpaired) electrons. The van der Waals surface area contributed by atoms with Gasteiger partial charge in [0.2, 0.25) is 0 Å². The molecule has 0 unspecified atom stereocenters. The van der Waals surface area contributed by atoms with E-state index in [9.17, 15) is 9.18 Å². The number of nitrogens with one attached hydrogen (secondary N) is 1. The highest BCUT2D eigenvalue weighted by molar-refractivity contribution is 6.09. The molecule has 0 spiro atoms. The minimum absolute atomic E-state index is 0.164. The number of pyridine rings is 1. The average Bonchev–Trinajstić information content (AvgIpc) is 3.46. The molecule has 1 aliphatic rings. The molecule has 1 fully saturated rings. The molecule has 2 aromatic carbocycles. The molecular formula is C22H20FN7O. The van der Waals surface area contributed by atoms with Crippen LogP contribution in [-0.2, 0) is 0 Å². The number of amides is 1. The Balaban J connectivity index is 1.52. The monoisotopic (exact) mass is 417 g/mol. The number of halogens is 1. The van der Waals surface area contributed by atoms with E-state index in [2.05, 4.69) is 25.7 Å². The molecule has 1 amide bonds. The van der Waals surface area contributed by atoms with Crippen molar-refractivity contribution in [2.75, 3.05) is 23.3 Å². The molecule has 2 aromatic heterocycles. The zero-order valence-electron chi connectivity index (χ0n) is 16.9. The van der Waals surface area contributed by atoms with Crippen LogP contribution in [0.5, 0.6) is 0 Å². The van der Waals surface area contributed by atoms with Crippen LogP contribution in [0.25, 0.3) is 16.6 Å². The number of benzene rings is 2. The molecule has 0 aliphatic carbocycles. The number of hydrogen-bond acceptors (Lipinski definition) is 6. The number of tetrazole rings is 1. The van der Waals surface area contributed by atoms with Crippen LogP contribution in [0.1, 0.15) is 29.0 Å². The van der Waals surface area contributed by atoms with Crippen LogP contribution >= 0.6 is 0 Å². The molecule has 31 heavy (non-hydrogen) atoms. The summed E-state index contributed by atoms with van der Waals surface area (Å²) in [4.78, 5) is 20.2. The minimum atomic E-state index is -0.487. The average molecular weight is 417 g/mol. The van der Waals surface area contributed by atoms with Gasteiger partial charge in [0.15, 0.2) is 5.82 Å². The smallest absolute Gasteiger partial charge is 0.259 e. The van der Waals surface area contributed by atoms with Crippen LogP contribution in [0.4, 0.5) is 15.9 Å². The number of carbonyl (C=O) groups excluding carboxylic acids is 1. The quantitative estimate of drug-likeness (QED) is 0.547. The van der Waals surface area contributed by atoms with Gasteiger partial charge in [-0.1, -0.05) is 18.2 Å². The molecule has 5 rings (SSSR count). The lowest BCUT2D eigenvalue weighted by molar-refractivity contribution is 0.102. The van der Waals surface area contributed by atoms with Crippen LogP contribution in [0.2, 0.25) is 0 Å². The first-order chi connectivity index (χ1) is 15.1. The van der Waals surface area contributed by atoms with E-state index in [0.29, 0.717) is 22.9 Å². The third-order valence-corrected chi connectivity index (χ3v) is 5.41. The van der Waals surface area contributed by atoms with Crippen molar-refractivity contribution in [1.82, 2.24) is 25.2 Å². The van der Waals surface area contributed by atoms with E-state index in [1.54, 1.807) is 6.92 Å². The van der Waals surface area contributed by atoms with Gasteiger partial charge in [0.25, 0.3) is 5.91 Å². The van der Waals surface area contributed by atoms with E-state index in [4.69, 9.17) is 4.98 Å². The first-order valence-electron chi connectivity index (χ1n) is 10.1. The van der Waals surface area contributed by atoms with Gasteiger partial charge < -0.3 is 10.2 Å². The number of para-hydroxylation sites is 1. The molecule has 9 heteroatoms. The number of aromatic nitrogens is 5. The highest BCUT2D eigenvalue weighted by Gasteiger charge is 2.22. The van der Waals surface area contributed by atoms with E-state index in [1.807, 2.05) is 30.3 Å². The summed E-state index contributed by atoms with van der Waals surface area (Å²) in [5.74, 6) is 0.328. The Morgan fingerprint density at radius 3 is 2.68 bits per heavy atom. The van der Waals surface area contributed by atoms with E-state index < -0.39 is 5.82 Å². The molecule has 1 saturated heterocycles. The predicted octanol–water partition coefficient (Wildman–Crippen LogP) is 3.51. The van der Waals surface area contributed by atoms with Gasteiger partial charge in [-0.25, -0.2) is 9.37 Å². The van der Waals surface area contributed by atoms with E-state index >= 15 is 0 Å². The first kappa shape index (κ1) is 19.1. The minimum Gasteiger partial charge on any atom is -0.356 e. The summed E-state index contributed by atoms with van der Waals surface area (Å²) < 4.78 is 15.7. The summed E-state index contributed by atoms with van der Waals surface area (Å²) in [7, 11) is 0. The molecule has 1 N–H and O–H groups in total. The number of carbonyl (C=O) groups is 1. The summed E-state index contributed by atoms with van der Waals surface area (Å²) in [6, 6.07) is 13.9. The molecular weight excluding hydrogens is 397 g/mol. The third-order valence-electron chi connectivity index (χ3n) is 5.41. The van der Waals surface area contributed by atoms with Gasteiger partial charge >= 0.3 is 0 Å². The summed E-state index contributed by atoms with van der Waals surface area (Å²) >= 11 is 0. The Morgan fingerprint density at radius 2 is 1.90 bits per heavy atom. The number of aryl methyl sites for hydroxylation is 1. The van der Waals surface area contributed by atoms with Gasteiger partial charge in [0.1, 0.15) is 17.3 Å². The van der Waals surface area contributed by atoms with Crippen molar-refractivity contribution in [2.24, 2.45) is 0 Å². The zero-order valence-corrected chi connectivity index (χ0v) is 16.9. The van der Waals surface area contributed by atoms with Gasteiger partial charge in [-0.2, -0.15) is 4.68 Å². The number of nitrogens with zero attached hydrogens (tertiary/aromatic N) is 6. The number of anilines is 2. The van der Waals surface area contributed by atoms with Crippen molar-refractivity contribution in [3.05, 3.63) is 65.7 Å². The number of hydrogen-bond donors (Lipinski definition) is 1. The lowest BCUT2D eigenvalue weighted by atomic mass is 10.1. The van der Waals surface area contributed by atoms with Gasteiger partial charge in [-0.05, 0) is 60.5 Å². The molecule has 4 aromatic rings. The highest BCUT2D eigenvalue weighted by atomic mass is 19.1. The van der Waals surface area contributed by atoms with E-state index in [0.717, 1.165) is 36.8 Å². The van der Waals surface area contributed by atoms with Crippen molar-refractivity contribution < 1.29 is 9.18 Å². The molecule has 3 heterocycles. The van der Waals surface area contributed by atoms with Crippen LogP contribution in [0.15, 0.2) is 48.5 Å². The van der Waals surface area contributed by atoms with Crippen molar-refractivity contribution in [2.45, 2.75) is 19.8 Å². The number of fused-ring (bicyclic) bond motifs is 1. The summed E-state index contributed by atoms with van der Waals surface area (Å²) in [5.41, 5.74) is 1.94. The van der Waals surface area contributed by atoms with E-state index in [-0.39, 0.29) is 11.6 Å². The van der Waals surface area contributed by atoms with Crippen molar-refractivity contribution >= 4 is 28.3 Å². The Bertz CT molecular complexity index is 1280. The standard InChI is InChI=1S/C22H20FN7O/c1-14-26-27-28-30(14)20-13-16(8-9-18(20)23)24-22(31)17-12-15-6-2-3-7-19(15)25-21(17)29-10-4-5-11-29/h2-3,6-9,12-13H,4-5,10-11H2,1H3,(H,24,31). The SMILES string of the molecule is Cc1nnnn1-c1cc(NC(=O)c2cc3ccccc3nc2N2CCCC2)ccc1F. The topological polar surface area (TPSA) is 88.8 Å². The van der Waals surface area contributed by atoms with Crippen LogP contribution in [0.3, 0.4) is 0 Å². The first-order valence-corrected chi connectivity index (χ1v) is 10.1. The second-order valence-corrected chi connectivity index (χ2v) is 7.50. The number of rotatable bonds is 4. The van der Waals surface area contributed by atoms with Crippen molar-refractivity contribution in [3.63, 3.8) is 0 Å². The fraction of sp³-hybridized carbons (Fsp3) is 0.227. The summed E-state index contributed by atoms with van der Waals surface area (Å²) in [6.45, 7) is 3.41. The fourth-order valence-corrected chi connectivity index (χ4v) is 3.85. The fourth-order valence-electron chi connectivity index (χ4n) is 3.85. The van der Waals surface area contributed by atoms with Crippen LogP contribution < -0.4 is 10.2 Å². The normalized spacial score (nSPS) is 13.7. The summed E-state index contributed by atoms with van der Waals surface area (Å²) in [6.07, 6.45) is 2.14. The largest absolute Gasteiger partial charge is 0.356 e. The Kier molecular flexibility index (Phi) is 4.78. The zero-order chi connectivity index (χ0) is 21.4. The predicted molar refractivity (Wildman–Crippen MR) is 115 cm³/mol. The lowest BCUT2D eigenvalue weighted by Gasteiger charge is -2.20. The van der Waals surface area contributed by atoms with Crippen molar-refractivity contribution in [3.8, 4) is 5.69 Å². The maximum Gasteiger partial charge on any atom is 0.259 e. The van der Waals surface area contributed by atoms with Gasteiger partial charge in [-0.15, -0.1) is 5.10 Å². The van der Waals surface area contributed by atoms with Crippen molar-refractivity contribution in [1.29, 1.82) is 0 Å². The van der Waals surface area contributed by atoms with Crippen LogP contribution in [0, 0.1) is 12.7 Å². The lowest BCUT2D eigenvalue weighted by Crippen LogP contribution is -2.24. The maximum absolute atomic E-state index is 14.4. The second-order valence-electron chi connectivity index (χ2n) is 7.50. The second kappa shape index (κ2) is 7.75. The Labute approximate surface area is 177 Å². The molecule has 0 bridgehead atoms. The molecule has 0 saturated carbocycles. The molecule has 8 nitrogen and oxygen atoms in total. The highest BCUT2D eigenvalue weighted by Crippen LogP contribution is 2.28. The molecule has 156 valence electrons. The molecule has 1 aliphatic heterocycles. The van der Waals surface area contributed by atoms with Crippen LogP contribution in [-0.4, -0.2) is 44.2 Å². The van der Waals surface area contributed by atoms with Gasteiger partial charge in [-0.3, -0.25) is 4.79 Å².